The van der Waals surface area contributed by atoms with Crippen LogP contribution in [0.1, 0.15) is 26.5 Å². The maximum atomic E-state index is 12.1. The van der Waals surface area contributed by atoms with Crippen LogP contribution in [0.2, 0.25) is 0 Å². The average Bonchev–Trinajstić information content (AvgIpc) is 3.27. The van der Waals surface area contributed by atoms with E-state index in [-0.39, 0.29) is 11.3 Å². The number of fused-ring (bicyclic) bond motifs is 1. The van der Waals surface area contributed by atoms with Gasteiger partial charge in [-0.15, -0.1) is 0 Å². The van der Waals surface area contributed by atoms with Gasteiger partial charge in [-0.1, -0.05) is 0 Å². The Balaban J connectivity index is 1.59. The van der Waals surface area contributed by atoms with E-state index < -0.39 is 34.4 Å². The lowest BCUT2D eigenvalue weighted by molar-refractivity contribution is -0.123. The summed E-state index contributed by atoms with van der Waals surface area (Å²) in [5.41, 5.74) is 1.41. The molecule has 3 rings (SSSR count). The normalized spacial score (nSPS) is 13.1. The monoisotopic (exact) mass is 392 g/mol. The molecule has 1 aliphatic rings. The predicted octanol–water partition coefficient (Wildman–Crippen LogP) is 0.715. The van der Waals surface area contributed by atoms with Gasteiger partial charge in [-0.3, -0.25) is 19.2 Å². The second-order valence-electron chi connectivity index (χ2n) is 5.86. The molecule has 2 aromatic rings. The maximum Gasteiger partial charge on any atom is 0.338 e. The number of ether oxygens (including phenoxy) is 1. The lowest BCUT2D eigenvalue weighted by atomic mass is 10.1. The van der Waals surface area contributed by atoms with Crippen molar-refractivity contribution in [2.75, 3.05) is 23.7 Å². The van der Waals surface area contributed by atoms with E-state index in [0.29, 0.717) is 24.2 Å². The largest absolute Gasteiger partial charge is 0.459 e. The predicted molar refractivity (Wildman–Crippen MR) is 93.8 cm³/mol. The number of carbonyl (C=O) groups is 3. The second-order valence-corrected chi connectivity index (χ2v) is 7.77. The highest BCUT2D eigenvalue weighted by Crippen LogP contribution is 2.30. The molecule has 0 aliphatic carbocycles. The third-order valence-electron chi connectivity index (χ3n) is 3.90. The molecule has 142 valence electrons. The minimum absolute atomic E-state index is 0.0382. The Kier molecular flexibility index (Phi) is 5.00. The van der Waals surface area contributed by atoms with Gasteiger partial charge in [0.25, 0.3) is 11.8 Å². The van der Waals surface area contributed by atoms with Crippen LogP contribution in [0.15, 0.2) is 41.0 Å². The van der Waals surface area contributed by atoms with Gasteiger partial charge in [0.05, 0.1) is 23.8 Å². The molecule has 10 heteroatoms. The van der Waals surface area contributed by atoms with Crippen molar-refractivity contribution in [3.63, 3.8) is 0 Å². The molecule has 0 saturated carbocycles. The van der Waals surface area contributed by atoms with E-state index >= 15 is 0 Å². The molecule has 0 bridgehead atoms. The van der Waals surface area contributed by atoms with Crippen LogP contribution in [0.5, 0.6) is 0 Å². The van der Waals surface area contributed by atoms with Crippen molar-refractivity contribution in [3.05, 3.63) is 53.5 Å². The number of benzene rings is 1. The van der Waals surface area contributed by atoms with Gasteiger partial charge in [0.1, 0.15) is 0 Å². The molecule has 1 N–H and O–H groups in total. The Labute approximate surface area is 155 Å². The van der Waals surface area contributed by atoms with Crippen molar-refractivity contribution in [1.29, 1.82) is 0 Å². The highest BCUT2D eigenvalue weighted by molar-refractivity contribution is 7.92. The van der Waals surface area contributed by atoms with Crippen LogP contribution in [-0.2, 0) is 26.0 Å². The first-order valence-electron chi connectivity index (χ1n) is 7.91. The lowest BCUT2D eigenvalue weighted by Gasteiger charge is -2.16. The van der Waals surface area contributed by atoms with E-state index in [1.807, 2.05) is 5.32 Å². The van der Waals surface area contributed by atoms with Gasteiger partial charge in [-0.05, 0) is 42.3 Å². The number of esters is 1. The average molecular weight is 392 g/mol. The molecule has 0 saturated heterocycles. The molecule has 2 heterocycles. The molecule has 1 aromatic heterocycles. The molecule has 0 atom stereocenters. The number of imide groups is 1. The molecule has 27 heavy (non-hydrogen) atoms. The summed E-state index contributed by atoms with van der Waals surface area (Å²) < 4.78 is 34.5. The van der Waals surface area contributed by atoms with Gasteiger partial charge in [-0.2, -0.15) is 0 Å². The third kappa shape index (κ3) is 4.17. The van der Waals surface area contributed by atoms with Crippen LogP contribution in [0, 0.1) is 0 Å². The number of nitrogens with zero attached hydrogens (tertiary/aromatic N) is 1. The SMILES string of the molecule is CS(=O)(=O)N1CCc2cc(C(=O)OCC(=O)NC(=O)c3ccco3)ccc21. The Hall–Kier alpha value is -3.14. The molecule has 1 aromatic carbocycles. The molecule has 0 spiro atoms. The zero-order valence-electron chi connectivity index (χ0n) is 14.3. The van der Waals surface area contributed by atoms with Crippen molar-refractivity contribution < 1.29 is 32.0 Å². The molecule has 1 aliphatic heterocycles. The number of hydrogen-bond donors (Lipinski definition) is 1. The van der Waals surface area contributed by atoms with E-state index in [1.54, 1.807) is 0 Å². The summed E-state index contributed by atoms with van der Waals surface area (Å²) >= 11 is 0. The van der Waals surface area contributed by atoms with Crippen LogP contribution >= 0.6 is 0 Å². The zero-order chi connectivity index (χ0) is 19.6. The Bertz CT molecular complexity index is 996. The summed E-state index contributed by atoms with van der Waals surface area (Å²) in [5.74, 6) is -2.33. The fourth-order valence-electron chi connectivity index (χ4n) is 2.69. The Morgan fingerprint density at radius 1 is 1.26 bits per heavy atom. The molecular weight excluding hydrogens is 376 g/mol. The van der Waals surface area contributed by atoms with Crippen LogP contribution in [0.25, 0.3) is 0 Å². The van der Waals surface area contributed by atoms with E-state index in [0.717, 1.165) is 6.26 Å². The van der Waals surface area contributed by atoms with Crippen molar-refractivity contribution in [1.82, 2.24) is 5.32 Å². The fourth-order valence-corrected chi connectivity index (χ4v) is 3.65. The van der Waals surface area contributed by atoms with Gasteiger partial charge in [0.15, 0.2) is 12.4 Å². The zero-order valence-corrected chi connectivity index (χ0v) is 15.1. The number of sulfonamides is 1. The highest BCUT2D eigenvalue weighted by atomic mass is 32.2. The number of rotatable bonds is 5. The van der Waals surface area contributed by atoms with E-state index in [9.17, 15) is 22.8 Å². The Morgan fingerprint density at radius 2 is 2.04 bits per heavy atom. The summed E-state index contributed by atoms with van der Waals surface area (Å²) in [5, 5.41) is 2.03. The van der Waals surface area contributed by atoms with Gasteiger partial charge in [0, 0.05) is 6.54 Å². The van der Waals surface area contributed by atoms with Gasteiger partial charge >= 0.3 is 5.97 Å². The van der Waals surface area contributed by atoms with Crippen molar-refractivity contribution in [3.8, 4) is 0 Å². The van der Waals surface area contributed by atoms with Gasteiger partial charge in [0.2, 0.25) is 10.0 Å². The quantitative estimate of drug-likeness (QED) is 0.744. The van der Waals surface area contributed by atoms with Crippen molar-refractivity contribution in [2.45, 2.75) is 6.42 Å². The number of amides is 2. The first-order valence-corrected chi connectivity index (χ1v) is 9.76. The topological polar surface area (TPSA) is 123 Å². The van der Waals surface area contributed by atoms with Crippen molar-refractivity contribution >= 4 is 33.5 Å². The fraction of sp³-hybridized carbons (Fsp3) is 0.235. The number of nitrogens with one attached hydrogen (secondary N) is 1. The first kappa shape index (κ1) is 18.6. The molecule has 0 fully saturated rings. The molecule has 0 unspecified atom stereocenters. The van der Waals surface area contributed by atoms with Crippen LogP contribution < -0.4 is 9.62 Å². The summed E-state index contributed by atoms with van der Waals surface area (Å²) in [7, 11) is -3.38. The summed E-state index contributed by atoms with van der Waals surface area (Å²) in [6.45, 7) is -0.332. The minimum atomic E-state index is -3.38. The standard InChI is InChI=1S/C17H16N2O7S/c1-27(23,24)19-7-6-11-9-12(4-5-13(11)19)17(22)26-10-15(20)18-16(21)14-3-2-8-25-14/h2-5,8-9H,6-7,10H2,1H3,(H,18,20,21). The number of carbonyl (C=O) groups excluding carboxylic acids is 3. The van der Waals surface area contributed by atoms with Crippen LogP contribution in [0.3, 0.4) is 0 Å². The van der Waals surface area contributed by atoms with Crippen LogP contribution in [-0.4, -0.2) is 45.6 Å². The van der Waals surface area contributed by atoms with E-state index in [1.165, 1.54) is 40.9 Å². The smallest absolute Gasteiger partial charge is 0.338 e. The molecular formula is C17H16N2O7S. The van der Waals surface area contributed by atoms with Gasteiger partial charge < -0.3 is 9.15 Å². The minimum Gasteiger partial charge on any atom is -0.459 e. The Morgan fingerprint density at radius 3 is 2.70 bits per heavy atom. The molecule has 0 radical (unpaired) electrons. The summed E-state index contributed by atoms with van der Waals surface area (Å²) in [6.07, 6.45) is 2.88. The highest BCUT2D eigenvalue weighted by Gasteiger charge is 2.27. The lowest BCUT2D eigenvalue weighted by Crippen LogP contribution is -2.34. The molecule has 2 amide bonds. The van der Waals surface area contributed by atoms with E-state index in [4.69, 9.17) is 9.15 Å². The maximum absolute atomic E-state index is 12.1. The first-order chi connectivity index (χ1) is 12.8. The van der Waals surface area contributed by atoms with E-state index in [2.05, 4.69) is 0 Å². The number of furan rings is 1. The number of hydrogen-bond acceptors (Lipinski definition) is 7. The summed E-state index contributed by atoms with van der Waals surface area (Å²) in [4.78, 5) is 35.5. The summed E-state index contributed by atoms with van der Waals surface area (Å²) in [6, 6.07) is 7.38. The van der Waals surface area contributed by atoms with Crippen LogP contribution in [0.4, 0.5) is 5.69 Å². The second kappa shape index (κ2) is 7.23. The number of anilines is 1. The van der Waals surface area contributed by atoms with Crippen molar-refractivity contribution in [2.24, 2.45) is 0 Å². The molecule has 9 nitrogen and oxygen atoms in total. The van der Waals surface area contributed by atoms with Gasteiger partial charge in [-0.25, -0.2) is 13.2 Å². The third-order valence-corrected chi connectivity index (χ3v) is 5.08.